The van der Waals surface area contributed by atoms with Crippen LogP contribution in [0.3, 0.4) is 0 Å². The van der Waals surface area contributed by atoms with E-state index in [1.54, 1.807) is 0 Å². The van der Waals surface area contributed by atoms with Crippen molar-refractivity contribution < 1.29 is 75.0 Å². The Balaban J connectivity index is 5.74. The van der Waals surface area contributed by atoms with E-state index in [0.717, 1.165) is 0 Å². The molecule has 0 unspecified atom stereocenters. The summed E-state index contributed by atoms with van der Waals surface area (Å²) in [5, 5.41) is 0. The maximum atomic E-state index is 13.7. The number of alkyl halides is 13. The first-order valence-electron chi connectivity index (χ1n) is 8.02. The van der Waals surface area contributed by atoms with Crippen molar-refractivity contribution in [1.29, 1.82) is 0 Å². The third-order valence-corrected chi connectivity index (χ3v) is 5.82. The van der Waals surface area contributed by atoms with Gasteiger partial charge in [-0.2, -0.15) is 57.1 Å². The van der Waals surface area contributed by atoms with Crippen molar-refractivity contribution in [2.75, 3.05) is 26.0 Å². The molecule has 0 aliphatic rings. The smallest absolute Gasteiger partial charge is 0.460 e. The molecule has 33 heavy (non-hydrogen) atoms. The number of likely N-dealkylation sites (N-methyl/N-ethyl adjacent to an activating group) is 1. The number of ether oxygens (including phenoxy) is 1. The van der Waals surface area contributed by atoms with E-state index in [0.29, 0.717) is 13.1 Å². The molecule has 0 saturated carbocycles. The molecule has 0 heterocycles. The fraction of sp³-hybridized carbons (Fsp3) is 0.786. The minimum atomic E-state index is -8.06. The summed E-state index contributed by atoms with van der Waals surface area (Å²) < 4.78 is 197. The molecule has 0 aromatic carbocycles. The van der Waals surface area contributed by atoms with Gasteiger partial charge in [-0.3, -0.25) is 0 Å². The Hall–Kier alpha value is -1.79. The van der Waals surface area contributed by atoms with Gasteiger partial charge in [-0.15, -0.1) is 0 Å². The molecule has 0 aromatic rings. The van der Waals surface area contributed by atoms with Crippen molar-refractivity contribution in [3.8, 4) is 0 Å². The van der Waals surface area contributed by atoms with Gasteiger partial charge in [0.05, 0.1) is 5.75 Å². The van der Waals surface area contributed by atoms with E-state index in [-0.39, 0.29) is 4.31 Å². The molecule has 0 N–H and O–H groups in total. The zero-order valence-corrected chi connectivity index (χ0v) is 16.8. The zero-order chi connectivity index (χ0) is 26.9. The molecule has 196 valence electrons. The van der Waals surface area contributed by atoms with Crippen LogP contribution in [-0.2, 0) is 19.6 Å². The number of nitrogens with zero attached hydrogens (tertiary/aromatic N) is 1. The predicted molar refractivity (Wildman–Crippen MR) is 83.0 cm³/mol. The number of esters is 1. The molecular formula is C14H14F13NO4S. The highest BCUT2D eigenvalue weighted by atomic mass is 32.2. The Morgan fingerprint density at radius 2 is 1.27 bits per heavy atom. The summed E-state index contributed by atoms with van der Waals surface area (Å²) in [6.45, 7) is 1.44. The lowest BCUT2D eigenvalue weighted by Crippen LogP contribution is -2.70. The molecule has 0 aromatic heterocycles. The lowest BCUT2D eigenvalue weighted by Gasteiger charge is -2.39. The van der Waals surface area contributed by atoms with Gasteiger partial charge in [0.25, 0.3) is 0 Å². The third-order valence-electron chi connectivity index (χ3n) is 3.96. The third kappa shape index (κ3) is 5.83. The second-order valence-corrected chi connectivity index (χ2v) is 8.45. The maximum Gasteiger partial charge on any atom is 0.460 e. The van der Waals surface area contributed by atoms with Crippen LogP contribution in [0.1, 0.15) is 6.42 Å². The van der Waals surface area contributed by atoms with Gasteiger partial charge in [0.1, 0.15) is 6.61 Å². The van der Waals surface area contributed by atoms with Crippen LogP contribution in [0.4, 0.5) is 57.1 Å². The fourth-order valence-corrected chi connectivity index (χ4v) is 3.02. The minimum Gasteiger partial charge on any atom is -0.461 e. The standard InChI is InChI=1S/C14H14F13NO4S/c1-3-8(29)32-6-5-28(2)33(30,31)7-4-9(15,16)10(17,18)11(19,20)12(21,22)13(23,24)14(25,26)27/h3H,1,4-7H2,2H3. The molecule has 0 atom stereocenters. The van der Waals surface area contributed by atoms with Gasteiger partial charge in [-0.05, 0) is 0 Å². The Morgan fingerprint density at radius 1 is 0.848 bits per heavy atom. The minimum absolute atomic E-state index is 0.0993. The molecule has 0 radical (unpaired) electrons. The fourth-order valence-electron chi connectivity index (χ4n) is 1.84. The van der Waals surface area contributed by atoms with Crippen LogP contribution in [0, 0.1) is 0 Å². The first-order chi connectivity index (χ1) is 14.3. The van der Waals surface area contributed by atoms with E-state index < -0.39 is 77.1 Å². The molecule has 5 nitrogen and oxygen atoms in total. The van der Waals surface area contributed by atoms with Crippen molar-refractivity contribution in [1.82, 2.24) is 4.31 Å². The number of rotatable bonds is 12. The van der Waals surface area contributed by atoms with Gasteiger partial charge in [-0.1, -0.05) is 6.58 Å². The SMILES string of the molecule is C=CC(=O)OCCN(C)S(=O)(=O)CCC(F)(F)C(F)(F)C(F)(F)C(F)(F)C(F)(F)C(F)(F)F. The number of carbonyl (C=O) groups excluding carboxylic acids is 1. The largest absolute Gasteiger partial charge is 0.461 e. The topological polar surface area (TPSA) is 63.7 Å². The number of carbonyl (C=O) groups is 1. The van der Waals surface area contributed by atoms with Gasteiger partial charge in [-0.25, -0.2) is 17.5 Å². The Morgan fingerprint density at radius 3 is 1.67 bits per heavy atom. The molecule has 0 saturated heterocycles. The van der Waals surface area contributed by atoms with E-state index in [2.05, 4.69) is 11.3 Å². The lowest BCUT2D eigenvalue weighted by molar-refractivity contribution is -0.439. The highest BCUT2D eigenvalue weighted by molar-refractivity contribution is 7.89. The summed E-state index contributed by atoms with van der Waals surface area (Å²) in [5.41, 5.74) is 0. The normalized spacial score (nSPS) is 15.0. The second-order valence-electron chi connectivity index (χ2n) is 6.26. The van der Waals surface area contributed by atoms with E-state index >= 15 is 0 Å². The molecule has 0 aliphatic carbocycles. The number of hydrogen-bond acceptors (Lipinski definition) is 4. The number of hydrogen-bond donors (Lipinski definition) is 0. The second kappa shape index (κ2) is 9.46. The molecular weight excluding hydrogens is 525 g/mol. The van der Waals surface area contributed by atoms with Crippen molar-refractivity contribution in [2.24, 2.45) is 0 Å². The average molecular weight is 539 g/mol. The Bertz CT molecular complexity index is 823. The number of halogens is 13. The summed E-state index contributed by atoms with van der Waals surface area (Å²) in [5.74, 6) is -41.2. The summed E-state index contributed by atoms with van der Waals surface area (Å²) in [6, 6.07) is 0. The van der Waals surface area contributed by atoms with Crippen LogP contribution in [0.15, 0.2) is 12.7 Å². The van der Waals surface area contributed by atoms with Gasteiger partial charge < -0.3 is 4.74 Å². The summed E-state index contributed by atoms with van der Waals surface area (Å²) >= 11 is 0. The summed E-state index contributed by atoms with van der Waals surface area (Å²) in [6.07, 6.45) is -9.79. The average Bonchev–Trinajstić information content (AvgIpc) is 2.64. The molecule has 0 aliphatic heterocycles. The van der Waals surface area contributed by atoms with Gasteiger partial charge >= 0.3 is 41.8 Å². The van der Waals surface area contributed by atoms with E-state index in [4.69, 9.17) is 0 Å². The molecule has 19 heteroatoms. The van der Waals surface area contributed by atoms with Crippen molar-refractivity contribution >= 4 is 16.0 Å². The predicted octanol–water partition coefficient (Wildman–Crippen LogP) is 4.11. The quantitative estimate of drug-likeness (QED) is 0.213. The van der Waals surface area contributed by atoms with Crippen LogP contribution < -0.4 is 0 Å². The summed E-state index contributed by atoms with van der Waals surface area (Å²) in [4.78, 5) is 10.8. The van der Waals surface area contributed by atoms with Crippen LogP contribution in [0.25, 0.3) is 0 Å². The molecule has 0 rings (SSSR count). The van der Waals surface area contributed by atoms with Crippen molar-refractivity contribution in [3.05, 3.63) is 12.7 Å². The number of sulfonamides is 1. The van der Waals surface area contributed by atoms with Crippen LogP contribution in [0.2, 0.25) is 0 Å². The zero-order valence-electron chi connectivity index (χ0n) is 16.0. The van der Waals surface area contributed by atoms with Gasteiger partial charge in [0, 0.05) is 26.1 Å². The van der Waals surface area contributed by atoms with Crippen LogP contribution >= 0.6 is 0 Å². The van der Waals surface area contributed by atoms with Crippen molar-refractivity contribution in [2.45, 2.75) is 42.2 Å². The Kier molecular flexibility index (Phi) is 8.94. The molecule has 0 amide bonds. The maximum absolute atomic E-state index is 13.7. The van der Waals surface area contributed by atoms with E-state index in [9.17, 15) is 70.3 Å². The monoisotopic (exact) mass is 539 g/mol. The molecule has 0 spiro atoms. The highest BCUT2D eigenvalue weighted by Crippen LogP contribution is 2.60. The first-order valence-corrected chi connectivity index (χ1v) is 9.63. The summed E-state index contributed by atoms with van der Waals surface area (Å²) in [7, 11) is -4.44. The van der Waals surface area contributed by atoms with Gasteiger partial charge in [0.15, 0.2) is 0 Å². The first kappa shape index (κ1) is 31.2. The highest BCUT2D eigenvalue weighted by Gasteiger charge is 2.90. The van der Waals surface area contributed by atoms with E-state index in [1.165, 1.54) is 0 Å². The van der Waals surface area contributed by atoms with Crippen LogP contribution in [0.5, 0.6) is 0 Å². The molecule has 0 bridgehead atoms. The Labute approximate surface area is 177 Å². The van der Waals surface area contributed by atoms with E-state index in [1.807, 2.05) is 0 Å². The van der Waals surface area contributed by atoms with Crippen LogP contribution in [-0.4, -0.2) is 80.4 Å². The van der Waals surface area contributed by atoms with Gasteiger partial charge in [0.2, 0.25) is 10.0 Å². The lowest BCUT2D eigenvalue weighted by atomic mass is 9.93. The van der Waals surface area contributed by atoms with Crippen molar-refractivity contribution in [3.63, 3.8) is 0 Å². The molecule has 0 fully saturated rings.